The number of aryl methyl sites for hydroxylation is 1. The van der Waals surface area contributed by atoms with E-state index in [2.05, 4.69) is 11.6 Å². The van der Waals surface area contributed by atoms with Gasteiger partial charge in [-0.2, -0.15) is 0 Å². The van der Waals surface area contributed by atoms with Gasteiger partial charge in [0, 0.05) is 19.6 Å². The van der Waals surface area contributed by atoms with Crippen LogP contribution in [0.25, 0.3) is 0 Å². The minimum Gasteiger partial charge on any atom is -0.496 e. The van der Waals surface area contributed by atoms with Crippen LogP contribution < -0.4 is 14.2 Å². The fourth-order valence-corrected chi connectivity index (χ4v) is 4.58. The Balaban J connectivity index is 1.67. The van der Waals surface area contributed by atoms with Crippen LogP contribution >= 0.6 is 0 Å². The van der Waals surface area contributed by atoms with E-state index >= 15 is 0 Å². The van der Waals surface area contributed by atoms with Crippen LogP contribution in [0.4, 0.5) is 0 Å². The van der Waals surface area contributed by atoms with Gasteiger partial charge in [0.1, 0.15) is 18.1 Å². The van der Waals surface area contributed by atoms with Crippen molar-refractivity contribution in [3.05, 3.63) is 53.6 Å². The normalized spacial score (nSPS) is 15.0. The minimum absolute atomic E-state index is 0.0255. The molecule has 0 bridgehead atoms. The van der Waals surface area contributed by atoms with Crippen LogP contribution in [0.15, 0.2) is 47.4 Å². The van der Waals surface area contributed by atoms with Crippen LogP contribution in [0, 0.1) is 12.8 Å². The molecule has 0 spiro atoms. The number of nitrogens with one attached hydrogen (secondary N) is 1. The van der Waals surface area contributed by atoms with Gasteiger partial charge in [0.15, 0.2) is 0 Å². The Morgan fingerprint density at radius 2 is 1.90 bits per heavy atom. The van der Waals surface area contributed by atoms with Gasteiger partial charge >= 0.3 is 0 Å². The second-order valence-electron chi connectivity index (χ2n) is 7.90. The van der Waals surface area contributed by atoms with E-state index in [0.717, 1.165) is 18.4 Å². The minimum atomic E-state index is -3.80. The van der Waals surface area contributed by atoms with Crippen LogP contribution in [0.2, 0.25) is 0 Å². The summed E-state index contributed by atoms with van der Waals surface area (Å²) in [6.45, 7) is 5.75. The summed E-state index contributed by atoms with van der Waals surface area (Å²) in [6.07, 6.45) is 1.88. The van der Waals surface area contributed by atoms with Crippen molar-refractivity contribution in [3.8, 4) is 11.5 Å². The van der Waals surface area contributed by atoms with Crippen molar-refractivity contribution < 1.29 is 22.7 Å². The number of nitrogens with zero attached hydrogens (tertiary/aromatic N) is 1. The number of rotatable bonds is 8. The molecule has 2 aromatic rings. The summed E-state index contributed by atoms with van der Waals surface area (Å²) in [4.78, 5) is 14.8. The Labute approximate surface area is 184 Å². The molecule has 1 amide bonds. The summed E-state index contributed by atoms with van der Waals surface area (Å²) in [5.74, 6) is 1.44. The smallest absolute Gasteiger partial charge is 0.257 e. The number of carbonyl (C=O) groups is 1. The molecule has 1 saturated heterocycles. The summed E-state index contributed by atoms with van der Waals surface area (Å²) in [6, 6.07) is 11.9. The summed E-state index contributed by atoms with van der Waals surface area (Å²) in [5.41, 5.74) is 1.33. The summed E-state index contributed by atoms with van der Waals surface area (Å²) < 4.78 is 39.0. The lowest BCUT2D eigenvalue weighted by Gasteiger charge is -2.30. The van der Waals surface area contributed by atoms with E-state index in [-0.39, 0.29) is 29.5 Å². The van der Waals surface area contributed by atoms with Gasteiger partial charge in [-0.3, -0.25) is 4.79 Å². The fourth-order valence-electron chi connectivity index (χ4n) is 3.54. The fraction of sp³-hybridized carbons (Fsp3) is 0.435. The van der Waals surface area contributed by atoms with Crippen LogP contribution in [-0.4, -0.2) is 52.6 Å². The maximum absolute atomic E-state index is 13.0. The zero-order chi connectivity index (χ0) is 22.4. The predicted octanol–water partition coefficient (Wildman–Crippen LogP) is 3.23. The zero-order valence-corrected chi connectivity index (χ0v) is 19.1. The molecule has 1 heterocycles. The van der Waals surface area contributed by atoms with Gasteiger partial charge in [-0.25, -0.2) is 13.1 Å². The molecule has 0 aliphatic carbocycles. The molecule has 0 aromatic heterocycles. The third kappa shape index (κ3) is 5.98. The molecule has 8 heteroatoms. The first-order chi connectivity index (χ1) is 14.8. The van der Waals surface area contributed by atoms with Gasteiger partial charge < -0.3 is 14.4 Å². The van der Waals surface area contributed by atoms with E-state index in [1.807, 2.05) is 31.2 Å². The Bertz CT molecular complexity index is 1010. The molecule has 31 heavy (non-hydrogen) atoms. The summed E-state index contributed by atoms with van der Waals surface area (Å²) >= 11 is 0. The topological polar surface area (TPSA) is 84.9 Å². The van der Waals surface area contributed by atoms with Crippen molar-refractivity contribution in [1.29, 1.82) is 0 Å². The molecule has 0 unspecified atom stereocenters. The highest BCUT2D eigenvalue weighted by molar-refractivity contribution is 7.89. The standard InChI is InChI=1S/C23H30N2O5S/c1-17-9-12-25(13-10-17)23(26)21-16-20(7-8-22(21)29-3)31(27,28)24-11-14-30-19-6-4-5-18(2)15-19/h4-8,15-17,24H,9-14H2,1-3H3. The molecule has 0 atom stereocenters. The lowest BCUT2D eigenvalue weighted by molar-refractivity contribution is 0.0693. The molecule has 1 N–H and O–H groups in total. The van der Waals surface area contributed by atoms with E-state index in [0.29, 0.717) is 30.5 Å². The number of sulfonamides is 1. The quantitative estimate of drug-likeness (QED) is 0.630. The van der Waals surface area contributed by atoms with E-state index in [9.17, 15) is 13.2 Å². The van der Waals surface area contributed by atoms with E-state index in [1.54, 1.807) is 4.90 Å². The Kier molecular flexibility index (Phi) is 7.56. The molecule has 2 aromatic carbocycles. The highest BCUT2D eigenvalue weighted by Crippen LogP contribution is 2.26. The van der Waals surface area contributed by atoms with Crippen molar-refractivity contribution in [1.82, 2.24) is 9.62 Å². The van der Waals surface area contributed by atoms with Crippen molar-refractivity contribution in [2.45, 2.75) is 31.6 Å². The first-order valence-electron chi connectivity index (χ1n) is 10.5. The van der Waals surface area contributed by atoms with Gasteiger partial charge in [-0.1, -0.05) is 19.1 Å². The molecule has 1 aliphatic rings. The van der Waals surface area contributed by atoms with Gasteiger partial charge in [0.25, 0.3) is 5.91 Å². The van der Waals surface area contributed by atoms with Crippen LogP contribution in [0.3, 0.4) is 0 Å². The molecule has 1 fully saturated rings. The number of hydrogen-bond acceptors (Lipinski definition) is 5. The first kappa shape index (κ1) is 23.1. The van der Waals surface area contributed by atoms with Gasteiger partial charge in [-0.15, -0.1) is 0 Å². The third-order valence-electron chi connectivity index (χ3n) is 5.43. The molecular weight excluding hydrogens is 416 g/mol. The molecule has 168 valence electrons. The molecular formula is C23H30N2O5S. The Hall–Kier alpha value is -2.58. The first-order valence-corrected chi connectivity index (χ1v) is 11.9. The number of methoxy groups -OCH3 is 1. The highest BCUT2D eigenvalue weighted by atomic mass is 32.2. The SMILES string of the molecule is COc1ccc(S(=O)(=O)NCCOc2cccc(C)c2)cc1C(=O)N1CCC(C)CC1. The maximum Gasteiger partial charge on any atom is 0.257 e. The van der Waals surface area contributed by atoms with Crippen LogP contribution in [0.1, 0.15) is 35.7 Å². The number of carbonyl (C=O) groups excluding carboxylic acids is 1. The molecule has 3 rings (SSSR count). The van der Waals surface area contributed by atoms with E-state index < -0.39 is 10.0 Å². The average molecular weight is 447 g/mol. The number of hydrogen-bond donors (Lipinski definition) is 1. The van der Waals surface area contributed by atoms with E-state index in [4.69, 9.17) is 9.47 Å². The monoisotopic (exact) mass is 446 g/mol. The second-order valence-corrected chi connectivity index (χ2v) is 9.67. The predicted molar refractivity (Wildman–Crippen MR) is 119 cm³/mol. The molecule has 1 aliphatic heterocycles. The van der Waals surface area contributed by atoms with Gasteiger partial charge in [0.05, 0.1) is 17.6 Å². The Morgan fingerprint density at radius 3 is 2.58 bits per heavy atom. The number of likely N-dealkylation sites (tertiary alicyclic amines) is 1. The average Bonchev–Trinajstić information content (AvgIpc) is 2.76. The maximum atomic E-state index is 13.0. The molecule has 7 nitrogen and oxygen atoms in total. The number of ether oxygens (including phenoxy) is 2. The van der Waals surface area contributed by atoms with Crippen molar-refractivity contribution in [2.75, 3.05) is 33.4 Å². The van der Waals surface area contributed by atoms with Crippen molar-refractivity contribution in [3.63, 3.8) is 0 Å². The number of piperidine rings is 1. The van der Waals surface area contributed by atoms with E-state index in [1.165, 1.54) is 25.3 Å². The lowest BCUT2D eigenvalue weighted by Crippen LogP contribution is -2.38. The molecule has 0 saturated carbocycles. The van der Waals surface area contributed by atoms with Crippen molar-refractivity contribution in [2.24, 2.45) is 5.92 Å². The third-order valence-corrected chi connectivity index (χ3v) is 6.89. The second kappa shape index (κ2) is 10.2. The van der Waals surface area contributed by atoms with Crippen LogP contribution in [0.5, 0.6) is 11.5 Å². The van der Waals surface area contributed by atoms with Gasteiger partial charge in [-0.05, 0) is 61.6 Å². The number of benzene rings is 2. The number of amides is 1. The largest absolute Gasteiger partial charge is 0.496 e. The highest BCUT2D eigenvalue weighted by Gasteiger charge is 2.26. The summed E-state index contributed by atoms with van der Waals surface area (Å²) in [5, 5.41) is 0. The molecule has 0 radical (unpaired) electrons. The zero-order valence-electron chi connectivity index (χ0n) is 18.3. The van der Waals surface area contributed by atoms with Gasteiger partial charge in [0.2, 0.25) is 10.0 Å². The van der Waals surface area contributed by atoms with Crippen LogP contribution in [-0.2, 0) is 10.0 Å². The Morgan fingerprint density at radius 1 is 1.16 bits per heavy atom. The lowest BCUT2D eigenvalue weighted by atomic mass is 9.98. The summed E-state index contributed by atoms with van der Waals surface area (Å²) in [7, 11) is -2.33. The van der Waals surface area contributed by atoms with Crippen molar-refractivity contribution >= 4 is 15.9 Å².